The van der Waals surface area contributed by atoms with Crippen LogP contribution in [0.25, 0.3) is 0 Å². The topological polar surface area (TPSA) is 53.6 Å². The highest BCUT2D eigenvalue weighted by atomic mass is 19.3. The van der Waals surface area contributed by atoms with Crippen molar-refractivity contribution in [3.63, 3.8) is 0 Å². The maximum atomic E-state index is 12.4. The van der Waals surface area contributed by atoms with Crippen LogP contribution in [0.15, 0.2) is 18.2 Å². The summed E-state index contributed by atoms with van der Waals surface area (Å²) in [5, 5.41) is 6.11. The average molecular weight is 327 g/mol. The van der Waals surface area contributed by atoms with Gasteiger partial charge in [0, 0.05) is 37.8 Å². The number of methoxy groups -OCH3 is 1. The highest BCUT2D eigenvalue weighted by molar-refractivity contribution is 5.89. The molecule has 0 atom stereocenters. The molecule has 0 bridgehead atoms. The van der Waals surface area contributed by atoms with Crippen molar-refractivity contribution in [2.24, 2.45) is 0 Å². The van der Waals surface area contributed by atoms with Crippen molar-refractivity contribution < 1.29 is 18.3 Å². The van der Waals surface area contributed by atoms with Gasteiger partial charge in [0.15, 0.2) is 0 Å². The summed E-state index contributed by atoms with van der Waals surface area (Å²) in [5.74, 6) is 0.505. The van der Waals surface area contributed by atoms with E-state index in [9.17, 15) is 13.6 Å². The monoisotopic (exact) mass is 327 g/mol. The summed E-state index contributed by atoms with van der Waals surface area (Å²) in [6.45, 7) is 2.62. The molecule has 7 heteroatoms. The minimum absolute atomic E-state index is 0.140. The quantitative estimate of drug-likeness (QED) is 0.844. The molecule has 1 aromatic carbocycles. The van der Waals surface area contributed by atoms with Crippen LogP contribution in [-0.4, -0.2) is 50.0 Å². The van der Waals surface area contributed by atoms with Crippen LogP contribution in [0.4, 0.5) is 20.2 Å². The van der Waals surface area contributed by atoms with Crippen LogP contribution in [0.3, 0.4) is 0 Å². The molecule has 128 valence electrons. The third-order valence-electron chi connectivity index (χ3n) is 3.87. The molecule has 1 aromatic rings. The average Bonchev–Trinajstić information content (AvgIpc) is 2.49. The van der Waals surface area contributed by atoms with Gasteiger partial charge in [0.05, 0.1) is 19.3 Å². The lowest BCUT2D eigenvalue weighted by atomic mass is 10.0. The molecule has 1 aliphatic heterocycles. The summed E-state index contributed by atoms with van der Waals surface area (Å²) >= 11 is 0. The van der Waals surface area contributed by atoms with E-state index in [2.05, 4.69) is 10.6 Å². The number of nitrogens with one attached hydrogen (secondary N) is 2. The van der Waals surface area contributed by atoms with E-state index < -0.39 is 6.43 Å². The fourth-order valence-corrected chi connectivity index (χ4v) is 2.77. The van der Waals surface area contributed by atoms with Crippen LogP contribution >= 0.6 is 0 Å². The predicted molar refractivity (Wildman–Crippen MR) is 86.4 cm³/mol. The molecule has 1 aliphatic rings. The lowest BCUT2D eigenvalue weighted by Crippen LogP contribution is -2.41. The third-order valence-corrected chi connectivity index (χ3v) is 3.87. The molecule has 0 aliphatic carbocycles. The number of rotatable bonds is 6. The Morgan fingerprint density at radius 1 is 1.39 bits per heavy atom. The highest BCUT2D eigenvalue weighted by Crippen LogP contribution is 2.30. The SMILES string of the molecule is COc1cc(NC(C)=O)ccc1NC1CCN(CC(F)F)CC1. The Bertz CT molecular complexity index is 532. The molecule has 2 rings (SSSR count). The maximum absolute atomic E-state index is 12.4. The van der Waals surface area contributed by atoms with Gasteiger partial charge in [-0.2, -0.15) is 0 Å². The van der Waals surface area contributed by atoms with Crippen molar-refractivity contribution in [3.05, 3.63) is 18.2 Å². The Balaban J connectivity index is 1.94. The summed E-state index contributed by atoms with van der Waals surface area (Å²) in [7, 11) is 1.57. The highest BCUT2D eigenvalue weighted by Gasteiger charge is 2.22. The van der Waals surface area contributed by atoms with Crippen molar-refractivity contribution in [3.8, 4) is 5.75 Å². The van der Waals surface area contributed by atoms with Crippen molar-refractivity contribution in [1.29, 1.82) is 0 Å². The van der Waals surface area contributed by atoms with E-state index in [4.69, 9.17) is 4.74 Å². The number of ether oxygens (including phenoxy) is 1. The lowest BCUT2D eigenvalue weighted by molar-refractivity contribution is -0.114. The molecular weight excluding hydrogens is 304 g/mol. The number of halogens is 2. The second-order valence-corrected chi connectivity index (χ2v) is 5.71. The van der Waals surface area contributed by atoms with Crippen LogP contribution in [-0.2, 0) is 4.79 Å². The number of hydrogen-bond donors (Lipinski definition) is 2. The maximum Gasteiger partial charge on any atom is 0.251 e. The number of alkyl halides is 2. The molecule has 0 unspecified atom stereocenters. The standard InChI is InChI=1S/C16H23F2N3O2/c1-11(22)19-13-3-4-14(15(9-13)23-2)20-12-5-7-21(8-6-12)10-16(17)18/h3-4,9,12,16,20H,5-8,10H2,1-2H3,(H,19,22). The van der Waals surface area contributed by atoms with E-state index in [0.717, 1.165) is 18.5 Å². The van der Waals surface area contributed by atoms with Crippen molar-refractivity contribution in [2.75, 3.05) is 37.4 Å². The van der Waals surface area contributed by atoms with Crippen molar-refractivity contribution in [2.45, 2.75) is 32.2 Å². The van der Waals surface area contributed by atoms with Crippen molar-refractivity contribution >= 4 is 17.3 Å². The molecule has 0 spiro atoms. The predicted octanol–water partition coefficient (Wildman–Crippen LogP) is 2.80. The second kappa shape index (κ2) is 8.10. The summed E-state index contributed by atoms with van der Waals surface area (Å²) in [4.78, 5) is 12.9. The van der Waals surface area contributed by atoms with E-state index >= 15 is 0 Å². The van der Waals surface area contributed by atoms with Gasteiger partial charge in [-0.3, -0.25) is 9.69 Å². The first-order chi connectivity index (χ1) is 11.0. The minimum Gasteiger partial charge on any atom is -0.495 e. The van der Waals surface area contributed by atoms with E-state index in [0.29, 0.717) is 24.5 Å². The van der Waals surface area contributed by atoms with Gasteiger partial charge in [-0.05, 0) is 25.0 Å². The lowest BCUT2D eigenvalue weighted by Gasteiger charge is -2.32. The number of likely N-dealkylation sites (tertiary alicyclic amines) is 1. The van der Waals surface area contributed by atoms with Gasteiger partial charge in [-0.15, -0.1) is 0 Å². The molecular formula is C16H23F2N3O2. The van der Waals surface area contributed by atoms with Gasteiger partial charge in [0.1, 0.15) is 5.75 Å². The van der Waals surface area contributed by atoms with E-state index in [-0.39, 0.29) is 18.5 Å². The van der Waals surface area contributed by atoms with Gasteiger partial charge in [0.2, 0.25) is 5.91 Å². The summed E-state index contributed by atoms with van der Waals surface area (Å²) in [6.07, 6.45) is -0.659. The first-order valence-corrected chi connectivity index (χ1v) is 7.70. The van der Waals surface area contributed by atoms with E-state index in [1.807, 2.05) is 6.07 Å². The molecule has 23 heavy (non-hydrogen) atoms. The zero-order valence-electron chi connectivity index (χ0n) is 13.4. The molecule has 5 nitrogen and oxygen atoms in total. The van der Waals surface area contributed by atoms with Gasteiger partial charge >= 0.3 is 0 Å². The fourth-order valence-electron chi connectivity index (χ4n) is 2.77. The van der Waals surface area contributed by atoms with Crippen LogP contribution in [0.2, 0.25) is 0 Å². The molecule has 1 heterocycles. The molecule has 0 radical (unpaired) electrons. The van der Waals surface area contributed by atoms with Gasteiger partial charge in [-0.25, -0.2) is 8.78 Å². The first-order valence-electron chi connectivity index (χ1n) is 7.70. The van der Waals surface area contributed by atoms with Crippen LogP contribution in [0.1, 0.15) is 19.8 Å². The van der Waals surface area contributed by atoms with Gasteiger partial charge in [0.25, 0.3) is 6.43 Å². The largest absolute Gasteiger partial charge is 0.495 e. The number of benzene rings is 1. The Morgan fingerprint density at radius 2 is 2.09 bits per heavy atom. The Morgan fingerprint density at radius 3 is 2.65 bits per heavy atom. The number of piperidine rings is 1. The van der Waals surface area contributed by atoms with Crippen molar-refractivity contribution in [1.82, 2.24) is 4.90 Å². The van der Waals surface area contributed by atoms with E-state index in [1.54, 1.807) is 24.1 Å². The van der Waals surface area contributed by atoms with E-state index in [1.165, 1.54) is 6.92 Å². The van der Waals surface area contributed by atoms with Gasteiger partial charge < -0.3 is 15.4 Å². The normalized spacial score (nSPS) is 16.4. The molecule has 1 saturated heterocycles. The number of nitrogens with zero attached hydrogens (tertiary/aromatic N) is 1. The number of amides is 1. The summed E-state index contributed by atoms with van der Waals surface area (Å²) in [5.41, 5.74) is 1.51. The molecule has 2 N–H and O–H groups in total. The third kappa shape index (κ3) is 5.35. The second-order valence-electron chi connectivity index (χ2n) is 5.71. The van der Waals surface area contributed by atoms with Gasteiger partial charge in [-0.1, -0.05) is 0 Å². The molecule has 0 aromatic heterocycles. The first kappa shape index (κ1) is 17.5. The molecule has 1 amide bonds. The Hall–Kier alpha value is -1.89. The Kier molecular flexibility index (Phi) is 6.15. The number of hydrogen-bond acceptors (Lipinski definition) is 4. The smallest absolute Gasteiger partial charge is 0.251 e. The summed E-state index contributed by atoms with van der Waals surface area (Å²) < 4.78 is 30.1. The van der Waals surface area contributed by atoms with Crippen LogP contribution < -0.4 is 15.4 Å². The minimum atomic E-state index is -2.28. The number of anilines is 2. The van der Waals surface area contributed by atoms with Crippen LogP contribution in [0, 0.1) is 0 Å². The summed E-state index contributed by atoms with van der Waals surface area (Å²) in [6, 6.07) is 5.65. The molecule has 0 saturated carbocycles. The molecule has 1 fully saturated rings. The number of carbonyl (C=O) groups excluding carboxylic acids is 1. The number of carbonyl (C=O) groups is 1. The zero-order valence-corrected chi connectivity index (χ0v) is 13.4. The van der Waals surface area contributed by atoms with Crippen LogP contribution in [0.5, 0.6) is 5.75 Å². The fraction of sp³-hybridized carbons (Fsp3) is 0.562. The zero-order chi connectivity index (χ0) is 16.8. The Labute approximate surface area is 135 Å².